The summed E-state index contributed by atoms with van der Waals surface area (Å²) in [6, 6.07) is 10.6. The van der Waals surface area contributed by atoms with E-state index in [1.54, 1.807) is 24.3 Å². The lowest BCUT2D eigenvalue weighted by molar-refractivity contribution is 0.0239. The van der Waals surface area contributed by atoms with Crippen LogP contribution in [0.1, 0.15) is 23.0 Å². The average molecular weight is 476 g/mol. The molecule has 32 heavy (non-hydrogen) atoms. The summed E-state index contributed by atoms with van der Waals surface area (Å²) in [5.74, 6) is -0.156. The molecule has 0 bridgehead atoms. The number of ether oxygens (including phenoxy) is 1. The largest absolute Gasteiger partial charge is 0.352 e. The minimum Gasteiger partial charge on any atom is -0.352 e. The normalized spacial score (nSPS) is 21.3. The van der Waals surface area contributed by atoms with Gasteiger partial charge in [0.15, 0.2) is 36.5 Å². The molecule has 3 heterocycles. The van der Waals surface area contributed by atoms with E-state index in [1.807, 2.05) is 12.1 Å². The number of benzene rings is 1. The first-order valence-corrected chi connectivity index (χ1v) is 12.0. The summed E-state index contributed by atoms with van der Waals surface area (Å²) in [7, 11) is -2.14. The highest BCUT2D eigenvalue weighted by molar-refractivity contribution is 8.00. The number of imidazole rings is 1. The van der Waals surface area contributed by atoms with E-state index >= 15 is 4.39 Å². The first kappa shape index (κ1) is 22.4. The lowest BCUT2D eigenvalue weighted by atomic mass is 10.2. The SMILES string of the molecule is N#CCCO[PH](=S)OC1COC(n2cnc3c(NC(=O)c4ccccc4)ncnc32)C1F. The molecule has 0 aliphatic carbocycles. The molecule has 3 aromatic rings. The Morgan fingerprint density at radius 3 is 2.97 bits per heavy atom. The van der Waals surface area contributed by atoms with Crippen LogP contribution in [0.3, 0.4) is 0 Å². The number of carbonyl (C=O) groups excluding carboxylic acids is 1. The van der Waals surface area contributed by atoms with Gasteiger partial charge in [-0.25, -0.2) is 19.3 Å². The van der Waals surface area contributed by atoms with Gasteiger partial charge in [-0.05, 0) is 23.9 Å². The van der Waals surface area contributed by atoms with Gasteiger partial charge in [-0.15, -0.1) is 0 Å². The first-order valence-electron chi connectivity index (χ1n) is 9.58. The molecule has 4 unspecified atom stereocenters. The predicted molar refractivity (Wildman–Crippen MR) is 116 cm³/mol. The van der Waals surface area contributed by atoms with Crippen molar-refractivity contribution in [1.82, 2.24) is 19.5 Å². The van der Waals surface area contributed by atoms with E-state index in [0.29, 0.717) is 16.7 Å². The third-order valence-corrected chi connectivity index (χ3v) is 6.22. The Hall–Kier alpha value is -2.81. The second-order valence-corrected chi connectivity index (χ2v) is 8.72. The van der Waals surface area contributed by atoms with E-state index in [1.165, 1.54) is 17.2 Å². The molecule has 0 radical (unpaired) electrons. The molecule has 1 fully saturated rings. The smallest absolute Gasteiger partial charge is 0.256 e. The fourth-order valence-corrected chi connectivity index (χ4v) is 4.53. The summed E-state index contributed by atoms with van der Waals surface area (Å²) >= 11 is 5.10. The maximum absolute atomic E-state index is 15.1. The van der Waals surface area contributed by atoms with Crippen LogP contribution in [0.15, 0.2) is 43.0 Å². The van der Waals surface area contributed by atoms with E-state index in [2.05, 4.69) is 20.3 Å². The number of aromatic nitrogens is 4. The van der Waals surface area contributed by atoms with Gasteiger partial charge >= 0.3 is 0 Å². The highest BCUT2D eigenvalue weighted by atomic mass is 32.4. The van der Waals surface area contributed by atoms with Gasteiger partial charge in [0.25, 0.3) is 5.91 Å². The number of alkyl halides is 1. The van der Waals surface area contributed by atoms with Crippen molar-refractivity contribution >= 4 is 41.8 Å². The van der Waals surface area contributed by atoms with Crippen LogP contribution in [0.25, 0.3) is 11.2 Å². The number of carbonyl (C=O) groups is 1. The molecule has 4 atom stereocenters. The monoisotopic (exact) mass is 476 g/mol. The van der Waals surface area contributed by atoms with E-state index in [-0.39, 0.29) is 31.4 Å². The molecular formula is C19H18FN6O4PS. The number of nitrogens with one attached hydrogen (secondary N) is 1. The van der Waals surface area contributed by atoms with Crippen molar-refractivity contribution in [3.8, 4) is 6.07 Å². The van der Waals surface area contributed by atoms with Gasteiger partial charge in [0.2, 0.25) is 0 Å². The van der Waals surface area contributed by atoms with Crippen molar-refractivity contribution < 1.29 is 23.0 Å². The number of halogens is 1. The fourth-order valence-electron chi connectivity index (χ4n) is 3.13. The molecule has 1 aliphatic rings. The maximum atomic E-state index is 15.1. The Balaban J connectivity index is 1.49. The number of anilines is 1. The van der Waals surface area contributed by atoms with E-state index < -0.39 is 25.7 Å². The molecule has 13 heteroatoms. The number of amides is 1. The van der Waals surface area contributed by atoms with E-state index in [4.69, 9.17) is 30.9 Å². The highest BCUT2D eigenvalue weighted by Crippen LogP contribution is 2.37. The van der Waals surface area contributed by atoms with E-state index in [9.17, 15) is 4.79 Å². The van der Waals surface area contributed by atoms with Gasteiger partial charge in [0.1, 0.15) is 12.4 Å². The average Bonchev–Trinajstić information content (AvgIpc) is 3.38. The maximum Gasteiger partial charge on any atom is 0.256 e. The topological polar surface area (TPSA) is 124 Å². The summed E-state index contributed by atoms with van der Waals surface area (Å²) in [5.41, 5.74) is 1.05. The lowest BCUT2D eigenvalue weighted by Crippen LogP contribution is -2.25. The quantitative estimate of drug-likeness (QED) is 0.386. The molecule has 10 nitrogen and oxygen atoms in total. The summed E-state index contributed by atoms with van der Waals surface area (Å²) in [6.45, 7) is 0.115. The molecule has 1 aliphatic heterocycles. The number of nitrogens with zero attached hydrogens (tertiary/aromatic N) is 5. The Bertz CT molecular complexity index is 1170. The molecule has 1 N–H and O–H groups in total. The highest BCUT2D eigenvalue weighted by Gasteiger charge is 2.41. The van der Waals surface area contributed by atoms with Gasteiger partial charge in [0.05, 0.1) is 32.0 Å². The zero-order chi connectivity index (χ0) is 22.5. The summed E-state index contributed by atoms with van der Waals surface area (Å²) in [5, 5.41) is 11.2. The van der Waals surface area contributed by atoms with Crippen LogP contribution >= 0.6 is 7.15 Å². The van der Waals surface area contributed by atoms with Crippen molar-refractivity contribution in [2.75, 3.05) is 18.5 Å². The van der Waals surface area contributed by atoms with Crippen LogP contribution < -0.4 is 5.32 Å². The van der Waals surface area contributed by atoms with Crippen LogP contribution in [0.4, 0.5) is 10.2 Å². The number of hydrogen-bond donors (Lipinski definition) is 1. The Kier molecular flexibility index (Phi) is 7.14. The zero-order valence-electron chi connectivity index (χ0n) is 16.6. The third-order valence-electron chi connectivity index (χ3n) is 4.64. The number of fused-ring (bicyclic) bond motifs is 1. The van der Waals surface area contributed by atoms with Gasteiger partial charge < -0.3 is 19.1 Å². The van der Waals surface area contributed by atoms with Crippen LogP contribution in [0, 0.1) is 11.3 Å². The molecule has 2 aromatic heterocycles. The van der Waals surface area contributed by atoms with Crippen molar-refractivity contribution in [3.63, 3.8) is 0 Å². The van der Waals surface area contributed by atoms with Crippen LogP contribution in [-0.2, 0) is 25.6 Å². The molecule has 1 amide bonds. The molecule has 1 aromatic carbocycles. The predicted octanol–water partition coefficient (Wildman–Crippen LogP) is 2.77. The van der Waals surface area contributed by atoms with Crippen LogP contribution in [-0.4, -0.2) is 50.9 Å². The van der Waals surface area contributed by atoms with Gasteiger partial charge in [-0.2, -0.15) is 5.26 Å². The van der Waals surface area contributed by atoms with Gasteiger partial charge in [-0.3, -0.25) is 9.36 Å². The Labute approximate surface area is 187 Å². The van der Waals surface area contributed by atoms with Crippen LogP contribution in [0.5, 0.6) is 0 Å². The van der Waals surface area contributed by atoms with Crippen molar-refractivity contribution in [2.24, 2.45) is 0 Å². The molecular weight excluding hydrogens is 458 g/mol. The second-order valence-electron chi connectivity index (χ2n) is 6.70. The summed E-state index contributed by atoms with van der Waals surface area (Å²) < 4.78 is 32.8. The minimum absolute atomic E-state index is 0.0272. The fraction of sp³-hybridized carbons (Fsp3) is 0.316. The number of rotatable bonds is 8. The number of nitriles is 1. The summed E-state index contributed by atoms with van der Waals surface area (Å²) in [4.78, 5) is 25.0. The second kappa shape index (κ2) is 10.2. The van der Waals surface area contributed by atoms with E-state index in [0.717, 1.165) is 0 Å². The van der Waals surface area contributed by atoms with Gasteiger partial charge in [0, 0.05) is 5.56 Å². The first-order chi connectivity index (χ1) is 15.6. The lowest BCUT2D eigenvalue weighted by Gasteiger charge is -2.17. The summed E-state index contributed by atoms with van der Waals surface area (Å²) in [6.07, 6.45) is -0.690. The van der Waals surface area contributed by atoms with Gasteiger partial charge in [-0.1, -0.05) is 18.2 Å². The minimum atomic E-state index is -2.14. The molecule has 1 saturated heterocycles. The zero-order valence-corrected chi connectivity index (χ0v) is 18.4. The standard InChI is InChI=1S/C19H18FN6O4PS/c20-14-13(30-31(32)29-8-4-7-21)9-28-19(14)26-11-24-15-16(22-10-23-17(15)26)25-18(27)12-5-2-1-3-6-12/h1-3,5-6,10-11,13-14,19,31H,4,8-9H2,(H,22,23,25,27). The molecule has 166 valence electrons. The molecule has 0 saturated carbocycles. The Morgan fingerprint density at radius 1 is 1.38 bits per heavy atom. The third kappa shape index (κ3) is 4.82. The van der Waals surface area contributed by atoms with Crippen molar-refractivity contribution in [2.45, 2.75) is 24.9 Å². The number of hydrogen-bond acceptors (Lipinski definition) is 9. The van der Waals surface area contributed by atoms with Crippen molar-refractivity contribution in [1.29, 1.82) is 5.26 Å². The van der Waals surface area contributed by atoms with Crippen LogP contribution in [0.2, 0.25) is 0 Å². The molecule has 0 spiro atoms. The van der Waals surface area contributed by atoms with Crippen molar-refractivity contribution in [3.05, 3.63) is 48.5 Å². The molecule has 4 rings (SSSR count). The Morgan fingerprint density at radius 2 is 2.19 bits per heavy atom.